The number of nitro groups is 1. The van der Waals surface area contributed by atoms with E-state index in [0.717, 1.165) is 0 Å². The van der Waals surface area contributed by atoms with Crippen LogP contribution in [0.2, 0.25) is 0 Å². The lowest BCUT2D eigenvalue weighted by Gasteiger charge is -2.17. The number of hydrogen-bond donors (Lipinski definition) is 6. The molecule has 0 radical (unpaired) electrons. The fraction of sp³-hybridized carbons (Fsp3) is 0.400. The number of phenolic OH excluding ortho intramolecular Hbond substituents is 3. The van der Waals surface area contributed by atoms with Crippen LogP contribution in [0.4, 0.5) is 5.69 Å². The molecule has 0 saturated heterocycles. The van der Waals surface area contributed by atoms with Crippen molar-refractivity contribution >= 4 is 5.69 Å². The molecule has 0 aromatic heterocycles. The van der Waals surface area contributed by atoms with Gasteiger partial charge >= 0.3 is 5.69 Å². The minimum Gasteiger partial charge on any atom is -0.504 e. The third kappa shape index (κ3) is 2.52. The van der Waals surface area contributed by atoms with Crippen molar-refractivity contribution in [1.29, 1.82) is 0 Å². The lowest BCUT2D eigenvalue weighted by atomic mass is 9.96. The Kier molecular flexibility index (Phi) is 4.48. The first-order valence-electron chi connectivity index (χ1n) is 5.20. The highest BCUT2D eigenvalue weighted by Crippen LogP contribution is 2.49. The smallest absolute Gasteiger partial charge is 0.318 e. The molecule has 1 aromatic rings. The van der Waals surface area contributed by atoms with Crippen molar-refractivity contribution in [3.05, 3.63) is 21.2 Å². The number of hydrogen-bond acceptors (Lipinski definition) is 8. The predicted molar refractivity (Wildman–Crippen MR) is 60.9 cm³/mol. The lowest BCUT2D eigenvalue weighted by Crippen LogP contribution is -2.11. The summed E-state index contributed by atoms with van der Waals surface area (Å²) in [5.74, 6) is -3.32. The van der Waals surface area contributed by atoms with Gasteiger partial charge in [-0.3, -0.25) is 10.1 Å². The lowest BCUT2D eigenvalue weighted by molar-refractivity contribution is -0.386. The van der Waals surface area contributed by atoms with Crippen molar-refractivity contribution in [1.82, 2.24) is 0 Å². The highest BCUT2D eigenvalue weighted by atomic mass is 16.6. The van der Waals surface area contributed by atoms with Crippen LogP contribution in [-0.2, 0) is 6.42 Å². The molecule has 0 amide bonds. The van der Waals surface area contributed by atoms with Crippen molar-refractivity contribution < 1.29 is 35.6 Å². The number of aromatic hydroxyl groups is 3. The first kappa shape index (κ1) is 15.0. The molecule has 1 atom stereocenters. The van der Waals surface area contributed by atoms with Crippen molar-refractivity contribution in [2.45, 2.75) is 12.5 Å². The van der Waals surface area contributed by atoms with Gasteiger partial charge in [-0.2, -0.15) is 0 Å². The van der Waals surface area contributed by atoms with E-state index in [1.54, 1.807) is 0 Å². The molecule has 6 N–H and O–H groups in total. The minimum atomic E-state index is -1.70. The molecular weight excluding hydrogens is 262 g/mol. The van der Waals surface area contributed by atoms with E-state index in [4.69, 9.17) is 10.2 Å². The van der Waals surface area contributed by atoms with Gasteiger partial charge in [0.1, 0.15) is 6.10 Å². The summed E-state index contributed by atoms with van der Waals surface area (Å²) in [5, 5.41) is 66.6. The van der Waals surface area contributed by atoms with Crippen LogP contribution in [0.5, 0.6) is 17.2 Å². The molecule has 0 spiro atoms. The highest BCUT2D eigenvalue weighted by molar-refractivity contribution is 5.69. The summed E-state index contributed by atoms with van der Waals surface area (Å²) >= 11 is 0. The summed E-state index contributed by atoms with van der Waals surface area (Å²) in [4.78, 5) is 9.85. The van der Waals surface area contributed by atoms with Gasteiger partial charge < -0.3 is 30.6 Å². The van der Waals surface area contributed by atoms with Crippen LogP contribution in [-0.4, -0.2) is 48.8 Å². The van der Waals surface area contributed by atoms with E-state index < -0.39 is 52.7 Å². The largest absolute Gasteiger partial charge is 0.504 e. The predicted octanol–water partition coefficient (Wildman–Crippen LogP) is -0.728. The van der Waals surface area contributed by atoms with E-state index in [2.05, 4.69) is 0 Å². The van der Waals surface area contributed by atoms with Crippen LogP contribution in [0.15, 0.2) is 0 Å². The standard InChI is InChI=1S/C10H13NO8/c12-2-1-4-6(5(14)3-13)8(15)10(17)9(16)7(4)11(18)19/h5,12-17H,1-3H2. The number of nitrogens with zero attached hydrogens (tertiary/aromatic N) is 1. The van der Waals surface area contributed by atoms with Gasteiger partial charge in [0.2, 0.25) is 11.5 Å². The summed E-state index contributed by atoms with van der Waals surface area (Å²) in [6.07, 6.45) is -2.06. The van der Waals surface area contributed by atoms with Gasteiger partial charge in [0.15, 0.2) is 5.75 Å². The normalized spacial score (nSPS) is 12.4. The topological polar surface area (TPSA) is 165 Å². The van der Waals surface area contributed by atoms with Crippen LogP contribution in [0.1, 0.15) is 17.2 Å². The maximum atomic E-state index is 10.9. The zero-order valence-corrected chi connectivity index (χ0v) is 9.65. The van der Waals surface area contributed by atoms with Crippen LogP contribution >= 0.6 is 0 Å². The number of nitro benzene ring substituents is 1. The van der Waals surface area contributed by atoms with Crippen molar-refractivity contribution in [2.24, 2.45) is 0 Å². The maximum Gasteiger partial charge on any atom is 0.318 e. The summed E-state index contributed by atoms with van der Waals surface area (Å²) in [5.41, 5.74) is -1.80. The van der Waals surface area contributed by atoms with Gasteiger partial charge in [-0.05, 0) is 0 Å². The van der Waals surface area contributed by atoms with Crippen molar-refractivity contribution in [3.63, 3.8) is 0 Å². The third-order valence-electron chi connectivity index (χ3n) is 2.59. The molecule has 0 saturated carbocycles. The zero-order valence-electron chi connectivity index (χ0n) is 9.65. The maximum absolute atomic E-state index is 10.9. The number of aliphatic hydroxyl groups excluding tert-OH is 3. The van der Waals surface area contributed by atoms with E-state index in [1.807, 2.05) is 0 Å². The molecule has 9 nitrogen and oxygen atoms in total. The molecule has 9 heteroatoms. The summed E-state index contributed by atoms with van der Waals surface area (Å²) in [6.45, 7) is -1.43. The zero-order chi connectivity index (χ0) is 14.7. The number of phenols is 3. The first-order chi connectivity index (χ1) is 8.86. The second-order valence-corrected chi connectivity index (χ2v) is 3.72. The fourth-order valence-electron chi connectivity index (χ4n) is 1.78. The molecule has 0 bridgehead atoms. The van der Waals surface area contributed by atoms with Crippen LogP contribution < -0.4 is 0 Å². The van der Waals surface area contributed by atoms with Gasteiger partial charge in [-0.25, -0.2) is 0 Å². The Labute approximate surface area is 106 Å². The van der Waals surface area contributed by atoms with E-state index in [0.29, 0.717) is 0 Å². The highest BCUT2D eigenvalue weighted by Gasteiger charge is 2.33. The van der Waals surface area contributed by atoms with Gasteiger partial charge in [0.25, 0.3) is 0 Å². The second kappa shape index (κ2) is 5.69. The molecule has 19 heavy (non-hydrogen) atoms. The monoisotopic (exact) mass is 275 g/mol. The van der Waals surface area contributed by atoms with Gasteiger partial charge in [0, 0.05) is 24.2 Å². The van der Waals surface area contributed by atoms with Gasteiger partial charge in [-0.15, -0.1) is 0 Å². The molecule has 0 heterocycles. The summed E-state index contributed by atoms with van der Waals surface area (Å²) in [6, 6.07) is 0. The number of benzene rings is 1. The Morgan fingerprint density at radius 1 is 1.11 bits per heavy atom. The SMILES string of the molecule is O=[N+]([O-])c1c(O)c(O)c(O)c(C(O)CO)c1CCO. The Bertz CT molecular complexity index is 501. The average molecular weight is 275 g/mol. The Balaban J connectivity index is 3.73. The molecule has 0 aliphatic rings. The second-order valence-electron chi connectivity index (χ2n) is 3.72. The molecular formula is C10H13NO8. The fourth-order valence-corrected chi connectivity index (χ4v) is 1.78. The van der Waals surface area contributed by atoms with E-state index in [9.17, 15) is 30.5 Å². The Morgan fingerprint density at radius 3 is 2.11 bits per heavy atom. The Hall–Kier alpha value is -2.10. The van der Waals surface area contributed by atoms with Gasteiger partial charge in [-0.1, -0.05) is 0 Å². The average Bonchev–Trinajstić information content (AvgIpc) is 2.35. The van der Waals surface area contributed by atoms with Crippen LogP contribution in [0.3, 0.4) is 0 Å². The van der Waals surface area contributed by atoms with E-state index in [-0.39, 0.29) is 12.0 Å². The van der Waals surface area contributed by atoms with E-state index >= 15 is 0 Å². The first-order valence-corrected chi connectivity index (χ1v) is 5.20. The molecule has 106 valence electrons. The summed E-state index contributed by atoms with van der Waals surface area (Å²) in [7, 11) is 0. The van der Waals surface area contributed by atoms with Crippen molar-refractivity contribution in [3.8, 4) is 17.2 Å². The third-order valence-corrected chi connectivity index (χ3v) is 2.59. The van der Waals surface area contributed by atoms with E-state index in [1.165, 1.54) is 0 Å². The molecule has 1 aromatic carbocycles. The number of aliphatic hydroxyl groups is 3. The minimum absolute atomic E-state index is 0.357. The Morgan fingerprint density at radius 2 is 1.68 bits per heavy atom. The quantitative estimate of drug-likeness (QED) is 0.232. The van der Waals surface area contributed by atoms with Gasteiger partial charge in [0.05, 0.1) is 11.5 Å². The molecule has 0 aliphatic carbocycles. The van der Waals surface area contributed by atoms with Crippen LogP contribution in [0.25, 0.3) is 0 Å². The molecule has 0 aliphatic heterocycles. The molecule has 0 fully saturated rings. The molecule has 1 unspecified atom stereocenters. The van der Waals surface area contributed by atoms with Crippen LogP contribution in [0, 0.1) is 10.1 Å². The molecule has 1 rings (SSSR count). The number of rotatable bonds is 5. The van der Waals surface area contributed by atoms with Crippen molar-refractivity contribution in [2.75, 3.05) is 13.2 Å². The summed E-state index contributed by atoms with van der Waals surface area (Å²) < 4.78 is 0.